The number of amides is 1. The van der Waals surface area contributed by atoms with Crippen molar-refractivity contribution in [3.05, 3.63) is 24.3 Å². The molecule has 7 nitrogen and oxygen atoms in total. The second-order valence-corrected chi connectivity index (χ2v) is 3.59. The normalized spacial score (nSPS) is 12.1. The van der Waals surface area contributed by atoms with E-state index in [0.717, 1.165) is 5.56 Å². The Morgan fingerprint density at radius 3 is 3.00 bits per heavy atom. The van der Waals surface area contributed by atoms with Gasteiger partial charge in [0, 0.05) is 11.3 Å². The molecule has 17 heavy (non-hydrogen) atoms. The van der Waals surface area contributed by atoms with Crippen LogP contribution in [-0.4, -0.2) is 32.6 Å². The van der Waals surface area contributed by atoms with E-state index in [9.17, 15) is 4.79 Å². The highest BCUT2D eigenvalue weighted by atomic mass is 16.2. The summed E-state index contributed by atoms with van der Waals surface area (Å²) in [7, 11) is 0. The Balaban J connectivity index is 2.20. The van der Waals surface area contributed by atoms with E-state index in [0.29, 0.717) is 11.5 Å². The fourth-order valence-electron chi connectivity index (χ4n) is 1.28. The summed E-state index contributed by atoms with van der Waals surface area (Å²) in [6.45, 7) is 1.62. The SMILES string of the molecule is C[C@H](N)C(=O)Nc1cccc(-c2nn[nH]n2)c1. The molecule has 1 aromatic heterocycles. The van der Waals surface area contributed by atoms with Crippen LogP contribution >= 0.6 is 0 Å². The van der Waals surface area contributed by atoms with E-state index in [-0.39, 0.29) is 5.91 Å². The van der Waals surface area contributed by atoms with Crippen LogP contribution in [0.15, 0.2) is 24.3 Å². The van der Waals surface area contributed by atoms with Gasteiger partial charge in [-0.25, -0.2) is 0 Å². The first-order chi connectivity index (χ1) is 8.16. The number of carbonyl (C=O) groups is 1. The summed E-state index contributed by atoms with van der Waals surface area (Å²) < 4.78 is 0. The fraction of sp³-hybridized carbons (Fsp3) is 0.200. The van der Waals surface area contributed by atoms with Crippen LogP contribution in [0.2, 0.25) is 0 Å². The molecule has 0 saturated heterocycles. The van der Waals surface area contributed by atoms with Crippen molar-refractivity contribution in [2.45, 2.75) is 13.0 Å². The van der Waals surface area contributed by atoms with Crippen molar-refractivity contribution in [1.29, 1.82) is 0 Å². The molecule has 4 N–H and O–H groups in total. The van der Waals surface area contributed by atoms with E-state index < -0.39 is 6.04 Å². The second kappa shape index (κ2) is 4.71. The van der Waals surface area contributed by atoms with Gasteiger partial charge in [-0.05, 0) is 24.3 Å². The molecule has 0 unspecified atom stereocenters. The number of carbonyl (C=O) groups excluding carboxylic acids is 1. The number of nitrogens with zero attached hydrogens (tertiary/aromatic N) is 3. The molecule has 7 heteroatoms. The standard InChI is InChI=1S/C10H12N6O/c1-6(11)10(17)12-8-4-2-3-7(5-8)9-13-15-16-14-9/h2-6H,11H2,1H3,(H,12,17)(H,13,14,15,16)/t6-/m0/s1. The molecule has 0 aliphatic heterocycles. The first kappa shape index (κ1) is 11.2. The molecular formula is C10H12N6O. The van der Waals surface area contributed by atoms with Crippen molar-refractivity contribution in [3.8, 4) is 11.4 Å². The van der Waals surface area contributed by atoms with Crippen LogP contribution in [0.5, 0.6) is 0 Å². The molecule has 2 aromatic rings. The maximum absolute atomic E-state index is 11.4. The predicted molar refractivity (Wildman–Crippen MR) is 61.9 cm³/mol. The molecule has 0 aliphatic rings. The van der Waals surface area contributed by atoms with Crippen LogP contribution in [0, 0.1) is 0 Å². The summed E-state index contributed by atoms with van der Waals surface area (Å²) >= 11 is 0. The number of hydrogen-bond acceptors (Lipinski definition) is 5. The topological polar surface area (TPSA) is 110 Å². The lowest BCUT2D eigenvalue weighted by Gasteiger charge is -2.08. The molecule has 1 aromatic carbocycles. The van der Waals surface area contributed by atoms with Gasteiger partial charge in [-0.15, -0.1) is 10.2 Å². The van der Waals surface area contributed by atoms with E-state index in [2.05, 4.69) is 25.9 Å². The Morgan fingerprint density at radius 1 is 1.53 bits per heavy atom. The summed E-state index contributed by atoms with van der Waals surface area (Å²) in [5, 5.41) is 16.3. The fourth-order valence-corrected chi connectivity index (χ4v) is 1.28. The average molecular weight is 232 g/mol. The minimum absolute atomic E-state index is 0.240. The number of hydrogen-bond donors (Lipinski definition) is 3. The summed E-state index contributed by atoms with van der Waals surface area (Å²) in [5.41, 5.74) is 6.88. The van der Waals surface area contributed by atoms with Crippen LogP contribution in [0.3, 0.4) is 0 Å². The molecule has 0 radical (unpaired) electrons. The van der Waals surface area contributed by atoms with Crippen LogP contribution in [0.4, 0.5) is 5.69 Å². The van der Waals surface area contributed by atoms with Gasteiger partial charge >= 0.3 is 0 Å². The number of aromatic nitrogens is 4. The Kier molecular flexibility index (Phi) is 3.10. The third-order valence-electron chi connectivity index (χ3n) is 2.15. The van der Waals surface area contributed by atoms with Crippen molar-refractivity contribution < 1.29 is 4.79 Å². The molecule has 88 valence electrons. The van der Waals surface area contributed by atoms with Crippen LogP contribution in [-0.2, 0) is 4.79 Å². The highest BCUT2D eigenvalue weighted by Crippen LogP contribution is 2.18. The molecule has 0 spiro atoms. The highest BCUT2D eigenvalue weighted by Gasteiger charge is 2.09. The Morgan fingerprint density at radius 2 is 2.35 bits per heavy atom. The second-order valence-electron chi connectivity index (χ2n) is 3.59. The first-order valence-electron chi connectivity index (χ1n) is 5.07. The molecule has 0 aliphatic carbocycles. The molecule has 1 heterocycles. The van der Waals surface area contributed by atoms with Gasteiger partial charge in [0.05, 0.1) is 6.04 Å². The van der Waals surface area contributed by atoms with E-state index >= 15 is 0 Å². The van der Waals surface area contributed by atoms with Crippen LogP contribution in [0.1, 0.15) is 6.92 Å². The van der Waals surface area contributed by atoms with Gasteiger partial charge in [-0.3, -0.25) is 4.79 Å². The lowest BCUT2D eigenvalue weighted by Crippen LogP contribution is -2.32. The van der Waals surface area contributed by atoms with Gasteiger partial charge in [0.25, 0.3) is 0 Å². The Hall–Kier alpha value is -2.28. The quantitative estimate of drug-likeness (QED) is 0.698. The van der Waals surface area contributed by atoms with Gasteiger partial charge in [0.1, 0.15) is 0 Å². The number of H-pyrrole nitrogens is 1. The largest absolute Gasteiger partial charge is 0.325 e. The van der Waals surface area contributed by atoms with E-state index in [1.165, 1.54) is 0 Å². The van der Waals surface area contributed by atoms with Gasteiger partial charge in [0.2, 0.25) is 11.7 Å². The highest BCUT2D eigenvalue weighted by molar-refractivity contribution is 5.94. The van der Waals surface area contributed by atoms with Crippen molar-refractivity contribution in [2.75, 3.05) is 5.32 Å². The zero-order valence-electron chi connectivity index (χ0n) is 9.21. The van der Waals surface area contributed by atoms with Gasteiger partial charge < -0.3 is 11.1 Å². The number of benzene rings is 1. The predicted octanol–water partition coefficient (Wildman–Crippen LogP) is 0.152. The zero-order valence-corrected chi connectivity index (χ0v) is 9.21. The van der Waals surface area contributed by atoms with E-state index in [1.807, 2.05) is 6.07 Å². The number of aromatic amines is 1. The van der Waals surface area contributed by atoms with Gasteiger partial charge in [0.15, 0.2) is 0 Å². The summed E-state index contributed by atoms with van der Waals surface area (Å²) in [4.78, 5) is 11.4. The van der Waals surface area contributed by atoms with Crippen molar-refractivity contribution >= 4 is 11.6 Å². The van der Waals surface area contributed by atoms with Gasteiger partial charge in [-0.2, -0.15) is 5.21 Å². The molecule has 0 fully saturated rings. The summed E-state index contributed by atoms with van der Waals surface area (Å²) in [6, 6.07) is 6.59. The molecule has 1 amide bonds. The Bertz CT molecular complexity index is 507. The van der Waals surface area contributed by atoms with Crippen molar-refractivity contribution in [3.63, 3.8) is 0 Å². The number of anilines is 1. The third-order valence-corrected chi connectivity index (χ3v) is 2.15. The third kappa shape index (κ3) is 2.64. The summed E-state index contributed by atoms with van der Waals surface area (Å²) in [6.07, 6.45) is 0. The molecule has 1 atom stereocenters. The number of nitrogens with two attached hydrogens (primary N) is 1. The average Bonchev–Trinajstić information content (AvgIpc) is 2.82. The number of tetrazole rings is 1. The maximum atomic E-state index is 11.4. The minimum Gasteiger partial charge on any atom is -0.325 e. The van der Waals surface area contributed by atoms with Crippen molar-refractivity contribution in [1.82, 2.24) is 20.6 Å². The lowest BCUT2D eigenvalue weighted by atomic mass is 10.2. The molecular weight excluding hydrogens is 220 g/mol. The van der Waals surface area contributed by atoms with E-state index in [1.54, 1.807) is 25.1 Å². The lowest BCUT2D eigenvalue weighted by molar-refractivity contribution is -0.117. The smallest absolute Gasteiger partial charge is 0.240 e. The molecule has 0 bridgehead atoms. The van der Waals surface area contributed by atoms with Gasteiger partial charge in [-0.1, -0.05) is 12.1 Å². The van der Waals surface area contributed by atoms with E-state index in [4.69, 9.17) is 5.73 Å². The molecule has 2 rings (SSSR count). The number of rotatable bonds is 3. The van der Waals surface area contributed by atoms with Crippen LogP contribution in [0.25, 0.3) is 11.4 Å². The molecule has 0 saturated carbocycles. The summed E-state index contributed by atoms with van der Waals surface area (Å²) in [5.74, 6) is 0.233. The zero-order chi connectivity index (χ0) is 12.3. The first-order valence-corrected chi connectivity index (χ1v) is 5.07. The van der Waals surface area contributed by atoms with Crippen molar-refractivity contribution in [2.24, 2.45) is 5.73 Å². The van der Waals surface area contributed by atoms with Crippen LogP contribution < -0.4 is 11.1 Å². The minimum atomic E-state index is -0.552. The maximum Gasteiger partial charge on any atom is 0.240 e. The Labute approximate surface area is 97.4 Å². The monoisotopic (exact) mass is 232 g/mol. The number of nitrogens with one attached hydrogen (secondary N) is 2.